The fraction of sp³-hybridized carbons (Fsp3) is 0.923. The second-order valence-corrected chi connectivity index (χ2v) is 5.71. The highest BCUT2D eigenvalue weighted by Gasteiger charge is 2.37. The summed E-state index contributed by atoms with van der Waals surface area (Å²) in [4.78, 5) is 16.6. The third-order valence-electron chi connectivity index (χ3n) is 4.59. The summed E-state index contributed by atoms with van der Waals surface area (Å²) < 4.78 is 5.17. The number of carbonyl (C=O) groups is 1. The molecule has 0 aromatic carbocycles. The molecule has 0 bridgehead atoms. The predicted octanol–water partition coefficient (Wildman–Crippen LogP) is -0.593. The van der Waals surface area contributed by atoms with E-state index in [1.165, 1.54) is 19.4 Å². The topological polar surface area (TPSA) is 70.8 Å². The second-order valence-electron chi connectivity index (χ2n) is 5.71. The standard InChI is InChI=1S/C13H26N4O2/c1-16-6-3-4-10-8-17(7-5-11(10)16)12(9-19-2)13(18)15-14/h10-12H,3-9,14H2,1-2H3,(H,15,18). The number of nitrogens with zero attached hydrogens (tertiary/aromatic N) is 2. The number of fused-ring (bicyclic) bond motifs is 1. The van der Waals surface area contributed by atoms with Crippen molar-refractivity contribution in [1.82, 2.24) is 15.2 Å². The van der Waals surface area contributed by atoms with Gasteiger partial charge in [0, 0.05) is 26.2 Å². The van der Waals surface area contributed by atoms with Crippen LogP contribution in [0.15, 0.2) is 0 Å². The predicted molar refractivity (Wildman–Crippen MR) is 73.3 cm³/mol. The van der Waals surface area contributed by atoms with E-state index in [1.807, 2.05) is 0 Å². The molecule has 6 heteroatoms. The molecule has 0 spiro atoms. The van der Waals surface area contributed by atoms with Gasteiger partial charge < -0.3 is 9.64 Å². The van der Waals surface area contributed by atoms with Crippen LogP contribution in [0.5, 0.6) is 0 Å². The number of rotatable bonds is 4. The fourth-order valence-electron chi connectivity index (χ4n) is 3.56. The molecular formula is C13H26N4O2. The third-order valence-corrected chi connectivity index (χ3v) is 4.59. The zero-order valence-corrected chi connectivity index (χ0v) is 12.0. The van der Waals surface area contributed by atoms with Crippen LogP contribution in [-0.4, -0.2) is 68.2 Å². The molecule has 19 heavy (non-hydrogen) atoms. The minimum atomic E-state index is -0.261. The first-order valence-corrected chi connectivity index (χ1v) is 7.11. The number of piperidine rings is 2. The number of likely N-dealkylation sites (tertiary alicyclic amines) is 2. The maximum Gasteiger partial charge on any atom is 0.253 e. The van der Waals surface area contributed by atoms with Crippen LogP contribution >= 0.6 is 0 Å². The van der Waals surface area contributed by atoms with Crippen molar-refractivity contribution in [2.24, 2.45) is 11.8 Å². The molecular weight excluding hydrogens is 244 g/mol. The Labute approximate surface area is 115 Å². The first-order valence-electron chi connectivity index (χ1n) is 7.11. The highest BCUT2D eigenvalue weighted by atomic mass is 16.5. The first kappa shape index (κ1) is 14.7. The quantitative estimate of drug-likeness (QED) is 0.406. The number of ether oxygens (including phenoxy) is 1. The summed E-state index contributed by atoms with van der Waals surface area (Å²) in [7, 11) is 3.84. The number of methoxy groups -OCH3 is 1. The molecule has 2 rings (SSSR count). The van der Waals surface area contributed by atoms with Gasteiger partial charge in [-0.3, -0.25) is 15.1 Å². The number of hydrogen-bond donors (Lipinski definition) is 2. The number of hydrazine groups is 1. The normalized spacial score (nSPS) is 30.7. The van der Waals surface area contributed by atoms with Gasteiger partial charge >= 0.3 is 0 Å². The van der Waals surface area contributed by atoms with E-state index in [0.29, 0.717) is 18.6 Å². The molecule has 1 amide bonds. The van der Waals surface area contributed by atoms with Crippen LogP contribution in [0, 0.1) is 5.92 Å². The van der Waals surface area contributed by atoms with Gasteiger partial charge in [0.1, 0.15) is 6.04 Å². The molecule has 0 aliphatic carbocycles. The molecule has 3 N–H and O–H groups in total. The third kappa shape index (κ3) is 3.25. The van der Waals surface area contributed by atoms with Crippen molar-refractivity contribution in [3.63, 3.8) is 0 Å². The Balaban J connectivity index is 1.99. The maximum absolute atomic E-state index is 11.9. The first-order chi connectivity index (χ1) is 9.17. The Hall–Kier alpha value is -0.690. The van der Waals surface area contributed by atoms with E-state index < -0.39 is 0 Å². The summed E-state index contributed by atoms with van der Waals surface area (Å²) in [6.45, 7) is 3.51. The van der Waals surface area contributed by atoms with Crippen LogP contribution in [0.4, 0.5) is 0 Å². The maximum atomic E-state index is 11.9. The molecule has 2 heterocycles. The Morgan fingerprint density at radius 1 is 1.47 bits per heavy atom. The summed E-state index contributed by atoms with van der Waals surface area (Å²) in [5.41, 5.74) is 2.26. The van der Waals surface area contributed by atoms with Gasteiger partial charge in [-0.05, 0) is 38.8 Å². The zero-order chi connectivity index (χ0) is 13.8. The number of amides is 1. The van der Waals surface area contributed by atoms with Gasteiger partial charge in [-0.15, -0.1) is 0 Å². The number of carbonyl (C=O) groups excluding carboxylic acids is 1. The van der Waals surface area contributed by atoms with Crippen molar-refractivity contribution < 1.29 is 9.53 Å². The van der Waals surface area contributed by atoms with Crippen LogP contribution in [0.3, 0.4) is 0 Å². The summed E-state index contributed by atoms with van der Waals surface area (Å²) in [6.07, 6.45) is 3.64. The van der Waals surface area contributed by atoms with E-state index in [1.54, 1.807) is 7.11 Å². The second kappa shape index (κ2) is 6.65. The Morgan fingerprint density at radius 2 is 2.26 bits per heavy atom. The molecule has 0 saturated carbocycles. The average Bonchev–Trinajstić information content (AvgIpc) is 2.44. The molecule has 3 unspecified atom stereocenters. The van der Waals surface area contributed by atoms with Crippen LogP contribution in [0.1, 0.15) is 19.3 Å². The Kier molecular flexibility index (Phi) is 5.15. The van der Waals surface area contributed by atoms with Crippen molar-refractivity contribution in [2.45, 2.75) is 31.3 Å². The lowest BCUT2D eigenvalue weighted by atomic mass is 9.83. The molecule has 3 atom stereocenters. The fourth-order valence-corrected chi connectivity index (χ4v) is 3.56. The summed E-state index contributed by atoms with van der Waals surface area (Å²) in [5.74, 6) is 5.79. The number of hydrogen-bond acceptors (Lipinski definition) is 5. The molecule has 6 nitrogen and oxygen atoms in total. The molecule has 0 aromatic heterocycles. The van der Waals surface area contributed by atoms with E-state index in [-0.39, 0.29) is 11.9 Å². The average molecular weight is 270 g/mol. The van der Waals surface area contributed by atoms with Crippen LogP contribution in [0.2, 0.25) is 0 Å². The van der Waals surface area contributed by atoms with E-state index in [4.69, 9.17) is 10.6 Å². The molecule has 2 saturated heterocycles. The van der Waals surface area contributed by atoms with Crippen molar-refractivity contribution in [2.75, 3.05) is 40.4 Å². The van der Waals surface area contributed by atoms with E-state index >= 15 is 0 Å². The SMILES string of the molecule is COCC(C(=O)NN)N1CCC2C(CCCN2C)C1. The van der Waals surface area contributed by atoms with Gasteiger partial charge in [-0.2, -0.15) is 0 Å². The van der Waals surface area contributed by atoms with Crippen molar-refractivity contribution in [3.8, 4) is 0 Å². The van der Waals surface area contributed by atoms with E-state index in [2.05, 4.69) is 22.3 Å². The minimum absolute atomic E-state index is 0.149. The summed E-state index contributed by atoms with van der Waals surface area (Å²) in [5, 5.41) is 0. The molecule has 0 radical (unpaired) electrons. The van der Waals surface area contributed by atoms with Gasteiger partial charge in [0.2, 0.25) is 0 Å². The van der Waals surface area contributed by atoms with Crippen LogP contribution < -0.4 is 11.3 Å². The van der Waals surface area contributed by atoms with Crippen molar-refractivity contribution in [3.05, 3.63) is 0 Å². The Morgan fingerprint density at radius 3 is 2.95 bits per heavy atom. The van der Waals surface area contributed by atoms with Crippen molar-refractivity contribution in [1.29, 1.82) is 0 Å². The molecule has 2 aliphatic rings. The Bertz CT molecular complexity index is 313. The van der Waals surface area contributed by atoms with Gasteiger partial charge in [-0.1, -0.05) is 0 Å². The van der Waals surface area contributed by atoms with Gasteiger partial charge in [0.05, 0.1) is 6.61 Å². The molecule has 2 fully saturated rings. The van der Waals surface area contributed by atoms with Crippen LogP contribution in [-0.2, 0) is 9.53 Å². The monoisotopic (exact) mass is 270 g/mol. The number of nitrogens with one attached hydrogen (secondary N) is 1. The smallest absolute Gasteiger partial charge is 0.253 e. The minimum Gasteiger partial charge on any atom is -0.383 e. The van der Waals surface area contributed by atoms with E-state index in [9.17, 15) is 4.79 Å². The lowest BCUT2D eigenvalue weighted by Crippen LogP contribution is -2.59. The summed E-state index contributed by atoms with van der Waals surface area (Å²) >= 11 is 0. The number of nitrogens with two attached hydrogens (primary N) is 1. The lowest BCUT2D eigenvalue weighted by Gasteiger charge is -2.47. The van der Waals surface area contributed by atoms with Crippen molar-refractivity contribution >= 4 is 5.91 Å². The molecule has 2 aliphatic heterocycles. The van der Waals surface area contributed by atoms with Gasteiger partial charge in [-0.25, -0.2) is 5.84 Å². The molecule has 110 valence electrons. The molecule has 0 aromatic rings. The lowest BCUT2D eigenvalue weighted by molar-refractivity contribution is -0.130. The van der Waals surface area contributed by atoms with Crippen LogP contribution in [0.25, 0.3) is 0 Å². The van der Waals surface area contributed by atoms with Gasteiger partial charge in [0.25, 0.3) is 5.91 Å². The zero-order valence-electron chi connectivity index (χ0n) is 12.0. The highest BCUT2D eigenvalue weighted by Crippen LogP contribution is 2.30. The highest BCUT2D eigenvalue weighted by molar-refractivity contribution is 5.81. The van der Waals surface area contributed by atoms with Gasteiger partial charge in [0.15, 0.2) is 0 Å². The summed E-state index contributed by atoms with van der Waals surface area (Å²) in [6, 6.07) is 0.414. The largest absolute Gasteiger partial charge is 0.383 e. The van der Waals surface area contributed by atoms with E-state index in [0.717, 1.165) is 19.5 Å².